The van der Waals surface area contributed by atoms with E-state index in [1.807, 2.05) is 11.8 Å². The Bertz CT molecular complexity index is 681. The van der Waals surface area contributed by atoms with Gasteiger partial charge in [-0.25, -0.2) is 9.97 Å². The van der Waals surface area contributed by atoms with Gasteiger partial charge in [0.2, 0.25) is 11.9 Å². The lowest BCUT2D eigenvalue weighted by atomic mass is 10.3. The van der Waals surface area contributed by atoms with Crippen molar-refractivity contribution in [3.63, 3.8) is 0 Å². The lowest BCUT2D eigenvalue weighted by molar-refractivity contribution is -0.131. The highest BCUT2D eigenvalue weighted by Crippen LogP contribution is 2.10. The van der Waals surface area contributed by atoms with Crippen LogP contribution in [0.25, 0.3) is 0 Å². The molecule has 2 N–H and O–H groups in total. The summed E-state index contributed by atoms with van der Waals surface area (Å²) in [5.41, 5.74) is 0. The molecular weight excluding hydrogens is 525 g/mol. The first kappa shape index (κ1) is 26.5. The zero-order chi connectivity index (χ0) is 21.7. The number of hydrogen-bond donors (Lipinski definition) is 2. The van der Waals surface area contributed by atoms with E-state index in [9.17, 15) is 4.79 Å². The zero-order valence-electron chi connectivity index (χ0n) is 18.9. The highest BCUT2D eigenvalue weighted by Gasteiger charge is 2.22. The summed E-state index contributed by atoms with van der Waals surface area (Å²) in [7, 11) is 0. The highest BCUT2D eigenvalue weighted by atomic mass is 127. The minimum atomic E-state index is 0. The number of aliphatic imine (C=N–C) groups is 1. The second-order valence-electron chi connectivity index (χ2n) is 7.56. The Morgan fingerprint density at radius 1 is 1.25 bits per heavy atom. The minimum Gasteiger partial charge on any atom is -0.379 e. The third-order valence-corrected chi connectivity index (χ3v) is 5.26. The lowest BCUT2D eigenvalue weighted by Gasteiger charge is -2.34. The van der Waals surface area contributed by atoms with Gasteiger partial charge in [-0.2, -0.15) is 0 Å². The Balaban J connectivity index is 0.00000363. The Labute approximate surface area is 207 Å². The van der Waals surface area contributed by atoms with Crippen molar-refractivity contribution in [1.82, 2.24) is 25.5 Å². The Morgan fingerprint density at radius 2 is 2.03 bits per heavy atom. The number of nitrogens with one attached hydrogen (secondary N) is 2. The quantitative estimate of drug-likeness (QED) is 0.188. The van der Waals surface area contributed by atoms with E-state index in [1.165, 1.54) is 0 Å². The van der Waals surface area contributed by atoms with Gasteiger partial charge in [0.15, 0.2) is 5.96 Å². The number of nitrogens with zero attached hydrogens (tertiary/aromatic N) is 5. The molecule has 3 rings (SSSR count). The molecule has 1 atom stereocenters. The van der Waals surface area contributed by atoms with E-state index in [0.717, 1.165) is 51.0 Å². The smallest absolute Gasteiger partial charge is 0.225 e. The molecule has 1 unspecified atom stereocenters. The second kappa shape index (κ2) is 15.2. The summed E-state index contributed by atoms with van der Waals surface area (Å²) in [6.45, 7) is 9.13. The van der Waals surface area contributed by atoms with E-state index in [-0.39, 0.29) is 36.0 Å². The van der Waals surface area contributed by atoms with Gasteiger partial charge in [0.05, 0.1) is 12.7 Å². The van der Waals surface area contributed by atoms with Gasteiger partial charge >= 0.3 is 0 Å². The number of ether oxygens (including phenoxy) is 2. The highest BCUT2D eigenvalue weighted by molar-refractivity contribution is 14.0. The third-order valence-electron chi connectivity index (χ3n) is 5.26. The van der Waals surface area contributed by atoms with Crippen LogP contribution in [0.3, 0.4) is 0 Å². The van der Waals surface area contributed by atoms with E-state index < -0.39 is 0 Å². The van der Waals surface area contributed by atoms with Crippen LogP contribution in [-0.2, 0) is 14.3 Å². The van der Waals surface area contributed by atoms with Gasteiger partial charge in [0, 0.05) is 77.8 Å². The molecular formula is C21H36IN7O3. The fourth-order valence-electron chi connectivity index (χ4n) is 3.55. The van der Waals surface area contributed by atoms with Crippen molar-refractivity contribution in [2.45, 2.75) is 32.3 Å². The molecule has 0 aliphatic carbocycles. The molecule has 0 bridgehead atoms. The molecule has 1 amide bonds. The average molecular weight is 561 g/mol. The van der Waals surface area contributed by atoms with Crippen molar-refractivity contribution in [1.29, 1.82) is 0 Å². The predicted octanol–water partition coefficient (Wildman–Crippen LogP) is 0.884. The van der Waals surface area contributed by atoms with Crippen molar-refractivity contribution in [2.75, 3.05) is 70.5 Å². The number of carbonyl (C=O) groups is 1. The number of amides is 1. The first-order valence-corrected chi connectivity index (χ1v) is 11.3. The Hall–Kier alpha value is -1.73. The van der Waals surface area contributed by atoms with Gasteiger partial charge in [-0.15, -0.1) is 24.0 Å². The van der Waals surface area contributed by atoms with Crippen LogP contribution >= 0.6 is 24.0 Å². The molecule has 180 valence electrons. The summed E-state index contributed by atoms with van der Waals surface area (Å²) < 4.78 is 11.1. The summed E-state index contributed by atoms with van der Waals surface area (Å²) >= 11 is 0. The summed E-state index contributed by atoms with van der Waals surface area (Å²) in [6, 6.07) is 1.81. The number of carbonyl (C=O) groups excluding carboxylic acids is 1. The van der Waals surface area contributed by atoms with Gasteiger partial charge < -0.3 is 29.9 Å². The maximum atomic E-state index is 12.6. The molecule has 1 aromatic rings. The molecule has 10 nitrogen and oxygen atoms in total. The molecule has 11 heteroatoms. The summed E-state index contributed by atoms with van der Waals surface area (Å²) in [5, 5.41) is 6.48. The SMILES string of the molecule is CCNC(=NCCCOC1CCOC1)NCCC(=O)N1CCN(c2ncccn2)CC1.I. The summed E-state index contributed by atoms with van der Waals surface area (Å²) in [6.07, 6.45) is 6.01. The molecule has 0 spiro atoms. The van der Waals surface area contributed by atoms with Gasteiger partial charge in [0.25, 0.3) is 0 Å². The summed E-state index contributed by atoms with van der Waals surface area (Å²) in [5.74, 6) is 1.62. The number of piperazine rings is 1. The van der Waals surface area contributed by atoms with Crippen molar-refractivity contribution < 1.29 is 14.3 Å². The molecule has 2 aliphatic heterocycles. The lowest BCUT2D eigenvalue weighted by Crippen LogP contribution is -2.50. The van der Waals surface area contributed by atoms with Gasteiger partial charge in [-0.3, -0.25) is 9.79 Å². The Morgan fingerprint density at radius 3 is 2.72 bits per heavy atom. The molecule has 32 heavy (non-hydrogen) atoms. The maximum absolute atomic E-state index is 12.6. The summed E-state index contributed by atoms with van der Waals surface area (Å²) in [4.78, 5) is 29.7. The molecule has 1 aromatic heterocycles. The average Bonchev–Trinajstić information content (AvgIpc) is 3.33. The van der Waals surface area contributed by atoms with Crippen LogP contribution in [0.4, 0.5) is 5.95 Å². The molecule has 2 aliphatic rings. The van der Waals surface area contributed by atoms with Crippen LogP contribution in [0, 0.1) is 0 Å². The van der Waals surface area contributed by atoms with E-state index in [1.54, 1.807) is 18.5 Å². The van der Waals surface area contributed by atoms with Crippen molar-refractivity contribution >= 4 is 41.8 Å². The predicted molar refractivity (Wildman–Crippen MR) is 135 cm³/mol. The molecule has 0 radical (unpaired) electrons. The topological polar surface area (TPSA) is 104 Å². The minimum absolute atomic E-state index is 0. The first-order valence-electron chi connectivity index (χ1n) is 11.3. The monoisotopic (exact) mass is 561 g/mol. The number of hydrogen-bond acceptors (Lipinski definition) is 7. The number of aromatic nitrogens is 2. The molecule has 0 aromatic carbocycles. The molecule has 0 saturated carbocycles. The van der Waals surface area contributed by atoms with Gasteiger partial charge in [-0.1, -0.05) is 0 Å². The van der Waals surface area contributed by atoms with Crippen molar-refractivity contribution in [2.24, 2.45) is 4.99 Å². The van der Waals surface area contributed by atoms with E-state index in [4.69, 9.17) is 9.47 Å². The maximum Gasteiger partial charge on any atom is 0.225 e. The second-order valence-corrected chi connectivity index (χ2v) is 7.56. The largest absolute Gasteiger partial charge is 0.379 e. The number of anilines is 1. The first-order chi connectivity index (χ1) is 15.3. The van der Waals surface area contributed by atoms with E-state index >= 15 is 0 Å². The number of rotatable bonds is 10. The van der Waals surface area contributed by atoms with Crippen molar-refractivity contribution in [3.05, 3.63) is 18.5 Å². The van der Waals surface area contributed by atoms with Gasteiger partial charge in [0.1, 0.15) is 0 Å². The van der Waals surface area contributed by atoms with Gasteiger partial charge in [-0.05, 0) is 25.8 Å². The van der Waals surface area contributed by atoms with Crippen LogP contribution < -0.4 is 15.5 Å². The van der Waals surface area contributed by atoms with Crippen LogP contribution in [0.5, 0.6) is 0 Å². The third kappa shape index (κ3) is 9.02. The molecule has 2 fully saturated rings. The van der Waals surface area contributed by atoms with Crippen LogP contribution in [0.15, 0.2) is 23.5 Å². The van der Waals surface area contributed by atoms with Crippen LogP contribution in [0.1, 0.15) is 26.2 Å². The van der Waals surface area contributed by atoms with Crippen LogP contribution in [-0.4, -0.2) is 98.5 Å². The van der Waals surface area contributed by atoms with Crippen molar-refractivity contribution in [3.8, 4) is 0 Å². The normalized spacial score (nSPS) is 18.9. The standard InChI is InChI=1S/C21H35N7O3.HI/c1-2-22-20(23-9-4-15-31-18-6-16-30-17-18)24-10-5-19(29)27-11-13-28(14-12-27)21-25-7-3-8-26-21;/h3,7-8,18H,2,4-6,9-17H2,1H3,(H2,22,23,24);1H. The zero-order valence-corrected chi connectivity index (χ0v) is 21.2. The fourth-order valence-corrected chi connectivity index (χ4v) is 3.55. The molecule has 3 heterocycles. The molecule has 2 saturated heterocycles. The van der Waals surface area contributed by atoms with E-state index in [0.29, 0.717) is 45.8 Å². The number of halogens is 1. The Kier molecular flexibility index (Phi) is 12.6. The van der Waals surface area contributed by atoms with E-state index in [2.05, 4.69) is 30.5 Å². The van der Waals surface area contributed by atoms with Crippen LogP contribution in [0.2, 0.25) is 0 Å². The fraction of sp³-hybridized carbons (Fsp3) is 0.714. The number of guanidine groups is 1.